The van der Waals surface area contributed by atoms with Crippen molar-refractivity contribution in [1.29, 1.82) is 0 Å². The molecule has 17 heavy (non-hydrogen) atoms. The van der Waals surface area contributed by atoms with Crippen LogP contribution in [0.4, 0.5) is 0 Å². The van der Waals surface area contributed by atoms with Gasteiger partial charge in [0.15, 0.2) is 0 Å². The second-order valence-corrected chi connectivity index (χ2v) is 6.78. The molecule has 3 heteroatoms. The molecular weight excluding hydrogens is 210 g/mol. The molecule has 102 valence electrons. The van der Waals surface area contributed by atoms with E-state index in [1.165, 1.54) is 26.2 Å². The van der Waals surface area contributed by atoms with Crippen LogP contribution in [0.15, 0.2) is 0 Å². The lowest BCUT2D eigenvalue weighted by molar-refractivity contribution is 0.0840. The van der Waals surface area contributed by atoms with E-state index < -0.39 is 0 Å². The minimum absolute atomic E-state index is 0.222. The van der Waals surface area contributed by atoms with Gasteiger partial charge in [0.05, 0.1) is 0 Å². The van der Waals surface area contributed by atoms with Crippen molar-refractivity contribution in [1.82, 2.24) is 15.1 Å². The number of rotatable bonds is 4. The van der Waals surface area contributed by atoms with Crippen molar-refractivity contribution in [2.24, 2.45) is 5.92 Å². The van der Waals surface area contributed by atoms with Crippen molar-refractivity contribution in [3.63, 3.8) is 0 Å². The third kappa shape index (κ3) is 5.36. The average Bonchev–Trinajstić information content (AvgIpc) is 2.18. The number of nitrogens with one attached hydrogen (secondary N) is 1. The summed E-state index contributed by atoms with van der Waals surface area (Å²) in [4.78, 5) is 5.08. The Balaban J connectivity index is 2.48. The highest BCUT2D eigenvalue weighted by Gasteiger charge is 2.25. The fourth-order valence-corrected chi connectivity index (χ4v) is 2.35. The van der Waals surface area contributed by atoms with Gasteiger partial charge in [0, 0.05) is 44.3 Å². The molecule has 0 saturated carbocycles. The fraction of sp³-hybridized carbons (Fsp3) is 1.00. The largest absolute Gasteiger partial charge is 0.311 e. The van der Waals surface area contributed by atoms with Gasteiger partial charge in [-0.3, -0.25) is 4.90 Å². The van der Waals surface area contributed by atoms with E-state index in [2.05, 4.69) is 56.8 Å². The summed E-state index contributed by atoms with van der Waals surface area (Å²) in [5, 5.41) is 3.66. The van der Waals surface area contributed by atoms with Crippen LogP contribution < -0.4 is 5.32 Å². The van der Waals surface area contributed by atoms with Crippen LogP contribution in [0.2, 0.25) is 0 Å². The maximum absolute atomic E-state index is 3.66. The summed E-state index contributed by atoms with van der Waals surface area (Å²) in [6, 6.07) is 0.669. The Labute approximate surface area is 108 Å². The lowest BCUT2D eigenvalue weighted by Crippen LogP contribution is -2.55. The number of hydrogen-bond acceptors (Lipinski definition) is 3. The lowest BCUT2D eigenvalue weighted by Gasteiger charge is -2.41. The fourth-order valence-electron chi connectivity index (χ4n) is 2.35. The molecule has 1 saturated heterocycles. The molecule has 1 fully saturated rings. The van der Waals surface area contributed by atoms with Crippen molar-refractivity contribution in [2.75, 3.05) is 39.8 Å². The Bertz CT molecular complexity index is 212. The molecule has 1 aliphatic rings. The Kier molecular flexibility index (Phi) is 5.42. The highest BCUT2D eigenvalue weighted by atomic mass is 15.3. The molecule has 0 aliphatic carbocycles. The first-order valence-corrected chi connectivity index (χ1v) is 6.97. The molecule has 0 radical (unpaired) electrons. The third-order valence-electron chi connectivity index (χ3n) is 3.62. The summed E-state index contributed by atoms with van der Waals surface area (Å²) in [5.41, 5.74) is 0.222. The molecular formula is C14H31N3. The van der Waals surface area contributed by atoms with Crippen molar-refractivity contribution < 1.29 is 0 Å². The van der Waals surface area contributed by atoms with Gasteiger partial charge in [-0.2, -0.15) is 0 Å². The predicted octanol–water partition coefficient (Wildman–Crippen LogP) is 1.65. The summed E-state index contributed by atoms with van der Waals surface area (Å²) >= 11 is 0. The molecule has 1 rings (SSSR count). The molecule has 1 aliphatic heterocycles. The van der Waals surface area contributed by atoms with E-state index >= 15 is 0 Å². The highest BCUT2D eigenvalue weighted by Crippen LogP contribution is 2.14. The molecule has 0 bridgehead atoms. The molecule has 1 atom stereocenters. The normalized spacial score (nSPS) is 22.1. The van der Waals surface area contributed by atoms with E-state index in [9.17, 15) is 0 Å². The van der Waals surface area contributed by atoms with Gasteiger partial charge in [0.1, 0.15) is 0 Å². The van der Waals surface area contributed by atoms with Crippen LogP contribution in [0.5, 0.6) is 0 Å². The van der Waals surface area contributed by atoms with Crippen LogP contribution in [-0.2, 0) is 0 Å². The number of likely N-dealkylation sites (N-methyl/N-ethyl adjacent to an activating group) is 1. The van der Waals surface area contributed by atoms with Gasteiger partial charge < -0.3 is 10.2 Å². The van der Waals surface area contributed by atoms with Crippen LogP contribution in [0.25, 0.3) is 0 Å². The zero-order chi connectivity index (χ0) is 13.1. The molecule has 0 spiro atoms. The Morgan fingerprint density at radius 1 is 1.06 bits per heavy atom. The van der Waals surface area contributed by atoms with E-state index in [0.29, 0.717) is 12.0 Å². The van der Waals surface area contributed by atoms with Crippen molar-refractivity contribution in [3.05, 3.63) is 0 Å². The van der Waals surface area contributed by atoms with Crippen LogP contribution in [0, 0.1) is 5.92 Å². The Morgan fingerprint density at radius 2 is 1.59 bits per heavy atom. The molecule has 1 N–H and O–H groups in total. The zero-order valence-electron chi connectivity index (χ0n) is 12.6. The van der Waals surface area contributed by atoms with Gasteiger partial charge in [-0.1, -0.05) is 13.8 Å². The van der Waals surface area contributed by atoms with Gasteiger partial charge in [0.25, 0.3) is 0 Å². The Hall–Kier alpha value is -0.120. The first-order valence-electron chi connectivity index (χ1n) is 6.97. The van der Waals surface area contributed by atoms with Crippen molar-refractivity contribution in [3.8, 4) is 0 Å². The lowest BCUT2D eigenvalue weighted by atomic mass is 9.99. The van der Waals surface area contributed by atoms with E-state index in [4.69, 9.17) is 0 Å². The summed E-state index contributed by atoms with van der Waals surface area (Å²) < 4.78 is 0. The van der Waals surface area contributed by atoms with Crippen LogP contribution in [-0.4, -0.2) is 61.2 Å². The average molecular weight is 241 g/mol. The van der Waals surface area contributed by atoms with Crippen molar-refractivity contribution in [2.45, 2.75) is 46.2 Å². The SMILES string of the molecule is CC(C)C(CNC(C)(C)C)N1CCN(C)CC1. The zero-order valence-corrected chi connectivity index (χ0v) is 12.6. The first kappa shape index (κ1) is 14.9. The molecule has 0 aromatic rings. The van der Waals surface area contributed by atoms with E-state index in [1.54, 1.807) is 0 Å². The molecule has 3 nitrogen and oxygen atoms in total. The van der Waals surface area contributed by atoms with Gasteiger partial charge in [-0.05, 0) is 33.7 Å². The van der Waals surface area contributed by atoms with Gasteiger partial charge in [-0.15, -0.1) is 0 Å². The quantitative estimate of drug-likeness (QED) is 0.807. The summed E-state index contributed by atoms with van der Waals surface area (Å²) in [5.74, 6) is 0.716. The molecule has 1 unspecified atom stereocenters. The predicted molar refractivity (Wildman–Crippen MR) is 75.5 cm³/mol. The van der Waals surface area contributed by atoms with Crippen LogP contribution >= 0.6 is 0 Å². The van der Waals surface area contributed by atoms with Crippen molar-refractivity contribution >= 4 is 0 Å². The van der Waals surface area contributed by atoms with E-state index in [-0.39, 0.29) is 5.54 Å². The van der Waals surface area contributed by atoms with E-state index in [0.717, 1.165) is 6.54 Å². The standard InChI is InChI=1S/C14H31N3/c1-12(2)13(11-15-14(3,4)5)17-9-7-16(6)8-10-17/h12-13,15H,7-11H2,1-6H3. The number of hydrogen-bond donors (Lipinski definition) is 1. The van der Waals surface area contributed by atoms with Gasteiger partial charge in [-0.25, -0.2) is 0 Å². The van der Waals surface area contributed by atoms with E-state index in [1.807, 2.05) is 0 Å². The Morgan fingerprint density at radius 3 is 2.00 bits per heavy atom. The monoisotopic (exact) mass is 241 g/mol. The minimum Gasteiger partial charge on any atom is -0.311 e. The maximum atomic E-state index is 3.66. The molecule has 0 amide bonds. The smallest absolute Gasteiger partial charge is 0.0244 e. The highest BCUT2D eigenvalue weighted by molar-refractivity contribution is 4.83. The summed E-state index contributed by atoms with van der Waals surface area (Å²) in [6.07, 6.45) is 0. The number of nitrogens with zero attached hydrogens (tertiary/aromatic N) is 2. The number of piperazine rings is 1. The second-order valence-electron chi connectivity index (χ2n) is 6.78. The van der Waals surface area contributed by atoms with Gasteiger partial charge >= 0.3 is 0 Å². The summed E-state index contributed by atoms with van der Waals surface area (Å²) in [6.45, 7) is 17.4. The van der Waals surface area contributed by atoms with Crippen LogP contribution in [0.1, 0.15) is 34.6 Å². The van der Waals surface area contributed by atoms with Crippen LogP contribution in [0.3, 0.4) is 0 Å². The third-order valence-corrected chi connectivity index (χ3v) is 3.62. The second kappa shape index (κ2) is 6.17. The first-order chi connectivity index (χ1) is 7.79. The molecule has 1 heterocycles. The topological polar surface area (TPSA) is 18.5 Å². The summed E-state index contributed by atoms with van der Waals surface area (Å²) in [7, 11) is 2.22. The molecule has 0 aromatic carbocycles. The maximum Gasteiger partial charge on any atom is 0.0244 e. The minimum atomic E-state index is 0.222. The molecule has 0 aromatic heterocycles. The van der Waals surface area contributed by atoms with Gasteiger partial charge in [0.2, 0.25) is 0 Å².